The molecule has 2 fully saturated rings. The van der Waals surface area contributed by atoms with Crippen molar-refractivity contribution < 1.29 is 0 Å². The second-order valence-corrected chi connectivity index (χ2v) is 8.75. The number of hydrogen-bond donors (Lipinski definition) is 1. The number of nitrogens with one attached hydrogen (secondary N) is 1. The molecule has 2 aliphatic carbocycles. The molecule has 0 spiro atoms. The summed E-state index contributed by atoms with van der Waals surface area (Å²) < 4.78 is 0. The molecule has 2 saturated carbocycles. The molecule has 106 valence electrons. The van der Waals surface area contributed by atoms with Gasteiger partial charge in [-0.05, 0) is 48.9 Å². The molecule has 0 heterocycles. The molecule has 0 saturated heterocycles. The van der Waals surface area contributed by atoms with Gasteiger partial charge >= 0.3 is 0 Å². The van der Waals surface area contributed by atoms with E-state index in [0.717, 1.165) is 18.0 Å². The second kappa shape index (κ2) is 5.15. The number of hydrogen-bond acceptors (Lipinski definition) is 1. The largest absolute Gasteiger partial charge is 0.311 e. The van der Waals surface area contributed by atoms with Crippen LogP contribution in [-0.4, -0.2) is 12.1 Å². The van der Waals surface area contributed by atoms with Crippen LogP contribution in [0.25, 0.3) is 0 Å². The van der Waals surface area contributed by atoms with E-state index < -0.39 is 0 Å². The van der Waals surface area contributed by atoms with Crippen molar-refractivity contribution in [3.8, 4) is 0 Å². The first-order chi connectivity index (χ1) is 8.26. The van der Waals surface area contributed by atoms with Crippen molar-refractivity contribution in [1.82, 2.24) is 5.32 Å². The van der Waals surface area contributed by atoms with Gasteiger partial charge in [-0.2, -0.15) is 0 Å². The topological polar surface area (TPSA) is 12.0 Å². The third kappa shape index (κ3) is 3.98. The maximum atomic E-state index is 4.00. The highest BCUT2D eigenvalue weighted by Gasteiger charge is 2.39. The van der Waals surface area contributed by atoms with E-state index in [4.69, 9.17) is 0 Å². The molecule has 18 heavy (non-hydrogen) atoms. The SMILES string of the molecule is CC1CCCC(NC2CC(C)(C)CC(C)(C)C2)C1. The molecule has 2 unspecified atom stereocenters. The summed E-state index contributed by atoms with van der Waals surface area (Å²) in [6.45, 7) is 12.2. The Morgan fingerprint density at radius 2 is 1.50 bits per heavy atom. The predicted molar refractivity (Wildman–Crippen MR) is 79.8 cm³/mol. The average molecular weight is 251 g/mol. The lowest BCUT2D eigenvalue weighted by Gasteiger charge is -2.46. The summed E-state index contributed by atoms with van der Waals surface area (Å²) in [6.07, 6.45) is 9.78. The van der Waals surface area contributed by atoms with E-state index in [1.54, 1.807) is 0 Å². The first-order valence-electron chi connectivity index (χ1n) is 8.02. The Bertz CT molecular complexity index is 263. The van der Waals surface area contributed by atoms with Crippen LogP contribution in [0.3, 0.4) is 0 Å². The zero-order valence-corrected chi connectivity index (χ0v) is 13.2. The minimum atomic E-state index is 0.514. The van der Waals surface area contributed by atoms with Gasteiger partial charge < -0.3 is 5.32 Å². The summed E-state index contributed by atoms with van der Waals surface area (Å²) in [5.74, 6) is 0.931. The van der Waals surface area contributed by atoms with Gasteiger partial charge in [-0.25, -0.2) is 0 Å². The summed E-state index contributed by atoms with van der Waals surface area (Å²) >= 11 is 0. The van der Waals surface area contributed by atoms with Gasteiger partial charge in [0.25, 0.3) is 0 Å². The minimum absolute atomic E-state index is 0.514. The lowest BCUT2D eigenvalue weighted by Crippen LogP contribution is -2.48. The molecule has 2 atom stereocenters. The molecule has 1 N–H and O–H groups in total. The van der Waals surface area contributed by atoms with Crippen molar-refractivity contribution in [3.63, 3.8) is 0 Å². The summed E-state index contributed by atoms with van der Waals surface area (Å²) in [4.78, 5) is 0. The number of rotatable bonds is 2. The van der Waals surface area contributed by atoms with Gasteiger partial charge in [-0.3, -0.25) is 0 Å². The quantitative estimate of drug-likeness (QED) is 0.746. The zero-order chi connectivity index (χ0) is 13.4. The van der Waals surface area contributed by atoms with E-state index in [1.807, 2.05) is 0 Å². The van der Waals surface area contributed by atoms with Crippen LogP contribution in [0.2, 0.25) is 0 Å². The predicted octanol–water partition coefficient (Wildman–Crippen LogP) is 4.76. The Morgan fingerprint density at radius 3 is 2.06 bits per heavy atom. The van der Waals surface area contributed by atoms with Crippen LogP contribution in [0.5, 0.6) is 0 Å². The van der Waals surface area contributed by atoms with E-state index in [2.05, 4.69) is 39.9 Å². The van der Waals surface area contributed by atoms with E-state index in [-0.39, 0.29) is 0 Å². The van der Waals surface area contributed by atoms with Gasteiger partial charge in [0, 0.05) is 12.1 Å². The van der Waals surface area contributed by atoms with Crippen molar-refractivity contribution in [3.05, 3.63) is 0 Å². The van der Waals surface area contributed by atoms with Gasteiger partial charge in [-0.15, -0.1) is 0 Å². The molecule has 0 aromatic rings. The van der Waals surface area contributed by atoms with Crippen LogP contribution >= 0.6 is 0 Å². The molecule has 2 aliphatic rings. The summed E-state index contributed by atoms with van der Waals surface area (Å²) in [5.41, 5.74) is 1.03. The lowest BCUT2D eigenvalue weighted by atomic mass is 9.63. The highest BCUT2D eigenvalue weighted by Crippen LogP contribution is 2.46. The minimum Gasteiger partial charge on any atom is -0.311 e. The molecule has 0 bridgehead atoms. The Balaban J connectivity index is 1.92. The first kappa shape index (κ1) is 14.4. The monoisotopic (exact) mass is 251 g/mol. The fourth-order valence-corrected chi connectivity index (χ4v) is 4.88. The van der Waals surface area contributed by atoms with Crippen LogP contribution < -0.4 is 5.32 Å². The third-order valence-corrected chi connectivity index (χ3v) is 4.96. The van der Waals surface area contributed by atoms with Gasteiger partial charge in [-0.1, -0.05) is 47.5 Å². The molecule has 0 aromatic heterocycles. The molecule has 1 heteroatoms. The van der Waals surface area contributed by atoms with Gasteiger partial charge in [0.05, 0.1) is 0 Å². The smallest absolute Gasteiger partial charge is 0.00798 e. The highest BCUT2D eigenvalue weighted by molar-refractivity contribution is 4.93. The molecule has 2 rings (SSSR count). The Labute approximate surface area is 114 Å². The molecular formula is C17H33N. The zero-order valence-electron chi connectivity index (χ0n) is 13.2. The Kier molecular flexibility index (Phi) is 4.11. The molecule has 1 nitrogen and oxygen atoms in total. The van der Waals surface area contributed by atoms with E-state index in [0.29, 0.717) is 10.8 Å². The maximum absolute atomic E-state index is 4.00. The highest BCUT2D eigenvalue weighted by atomic mass is 15.0. The Morgan fingerprint density at radius 1 is 0.889 bits per heavy atom. The second-order valence-electron chi connectivity index (χ2n) is 8.75. The van der Waals surface area contributed by atoms with Crippen LogP contribution in [0.15, 0.2) is 0 Å². The summed E-state index contributed by atoms with van der Waals surface area (Å²) in [7, 11) is 0. The van der Waals surface area contributed by atoms with Crippen molar-refractivity contribution >= 4 is 0 Å². The fourth-order valence-electron chi connectivity index (χ4n) is 4.88. The van der Waals surface area contributed by atoms with Gasteiger partial charge in [0.2, 0.25) is 0 Å². The summed E-state index contributed by atoms with van der Waals surface area (Å²) in [5, 5.41) is 4.00. The Hall–Kier alpha value is -0.0400. The molecule has 0 aliphatic heterocycles. The van der Waals surface area contributed by atoms with E-state index in [1.165, 1.54) is 44.9 Å². The van der Waals surface area contributed by atoms with Crippen molar-refractivity contribution in [2.75, 3.05) is 0 Å². The summed E-state index contributed by atoms with van der Waals surface area (Å²) in [6, 6.07) is 1.54. The normalized spacial score (nSPS) is 36.5. The van der Waals surface area contributed by atoms with Crippen LogP contribution in [0.1, 0.15) is 79.6 Å². The van der Waals surface area contributed by atoms with Crippen molar-refractivity contribution in [2.24, 2.45) is 16.7 Å². The van der Waals surface area contributed by atoms with Gasteiger partial charge in [0.1, 0.15) is 0 Å². The van der Waals surface area contributed by atoms with Crippen LogP contribution in [-0.2, 0) is 0 Å². The van der Waals surface area contributed by atoms with Crippen LogP contribution in [0.4, 0.5) is 0 Å². The third-order valence-electron chi connectivity index (χ3n) is 4.96. The molecule has 0 aromatic carbocycles. The fraction of sp³-hybridized carbons (Fsp3) is 1.00. The molecule has 0 radical (unpaired) electrons. The standard InChI is InChI=1S/C17H33N/c1-13-7-6-8-14(9-13)18-15-10-16(2,3)12-17(4,5)11-15/h13-15,18H,6-12H2,1-5H3. The molecular weight excluding hydrogens is 218 g/mol. The first-order valence-corrected chi connectivity index (χ1v) is 8.02. The maximum Gasteiger partial charge on any atom is 0.00798 e. The van der Waals surface area contributed by atoms with E-state index in [9.17, 15) is 0 Å². The van der Waals surface area contributed by atoms with Crippen molar-refractivity contribution in [2.45, 2.75) is 91.6 Å². The lowest BCUT2D eigenvalue weighted by molar-refractivity contribution is 0.0759. The van der Waals surface area contributed by atoms with Crippen LogP contribution in [0, 0.1) is 16.7 Å². The van der Waals surface area contributed by atoms with E-state index >= 15 is 0 Å². The van der Waals surface area contributed by atoms with Crippen molar-refractivity contribution in [1.29, 1.82) is 0 Å². The average Bonchev–Trinajstić information content (AvgIpc) is 2.11. The molecule has 0 amide bonds. The van der Waals surface area contributed by atoms with Gasteiger partial charge in [0.15, 0.2) is 0 Å².